The number of fused-ring (bicyclic) bond motifs is 3. The molecule has 2 aromatic carbocycles. The highest BCUT2D eigenvalue weighted by molar-refractivity contribution is 6.06. The third kappa shape index (κ3) is 2.68. The Hall–Kier alpha value is -2.62. The molecule has 3 aromatic rings. The Bertz CT molecular complexity index is 911. The Labute approximate surface area is 139 Å². The molecule has 0 radical (unpaired) electrons. The van der Waals surface area contributed by atoms with Gasteiger partial charge in [0.05, 0.1) is 0 Å². The molecule has 122 valence electrons. The van der Waals surface area contributed by atoms with Crippen molar-refractivity contribution in [3.63, 3.8) is 0 Å². The Kier molecular flexibility index (Phi) is 3.60. The van der Waals surface area contributed by atoms with Crippen molar-refractivity contribution in [2.24, 2.45) is 5.92 Å². The van der Waals surface area contributed by atoms with E-state index in [0.29, 0.717) is 17.2 Å². The summed E-state index contributed by atoms with van der Waals surface area (Å²) >= 11 is 0. The number of rotatable bonds is 2. The van der Waals surface area contributed by atoms with Gasteiger partial charge >= 0.3 is 0 Å². The van der Waals surface area contributed by atoms with Gasteiger partial charge in [-0.2, -0.15) is 0 Å². The largest absolute Gasteiger partial charge is 0.358 e. The van der Waals surface area contributed by atoms with Crippen LogP contribution >= 0.6 is 0 Å². The number of hydrogen-bond acceptors (Lipinski definition) is 1. The van der Waals surface area contributed by atoms with E-state index in [9.17, 15) is 9.18 Å². The maximum Gasteiger partial charge on any atom is 0.255 e. The highest BCUT2D eigenvalue weighted by Gasteiger charge is 2.20. The third-order valence-corrected chi connectivity index (χ3v) is 4.80. The highest BCUT2D eigenvalue weighted by Crippen LogP contribution is 2.32. The monoisotopic (exact) mass is 322 g/mol. The second kappa shape index (κ2) is 5.78. The van der Waals surface area contributed by atoms with Gasteiger partial charge in [0, 0.05) is 27.8 Å². The van der Waals surface area contributed by atoms with Crippen molar-refractivity contribution in [3.05, 3.63) is 65.1 Å². The number of hydrogen-bond donors (Lipinski definition) is 2. The molecule has 0 spiro atoms. The molecule has 4 rings (SSSR count). The SMILES string of the molecule is CC1CCc2[nH]c3ccc(C(=O)Nc4ccc(F)cc4)cc3c2C1. The fraction of sp³-hybridized carbons (Fsp3) is 0.250. The molecule has 0 saturated carbocycles. The molecule has 1 unspecified atom stereocenters. The summed E-state index contributed by atoms with van der Waals surface area (Å²) in [6.07, 6.45) is 3.33. The average molecular weight is 322 g/mol. The number of carbonyl (C=O) groups is 1. The molecule has 1 heterocycles. The van der Waals surface area contributed by atoms with E-state index in [2.05, 4.69) is 17.2 Å². The van der Waals surface area contributed by atoms with Crippen LogP contribution in [0.5, 0.6) is 0 Å². The van der Waals surface area contributed by atoms with Gasteiger partial charge in [-0.25, -0.2) is 4.39 Å². The number of aromatic nitrogens is 1. The van der Waals surface area contributed by atoms with Crippen LogP contribution in [0, 0.1) is 11.7 Å². The molecule has 4 heteroatoms. The summed E-state index contributed by atoms with van der Waals surface area (Å²) in [4.78, 5) is 16.0. The summed E-state index contributed by atoms with van der Waals surface area (Å²) in [5.74, 6) is 0.179. The number of carbonyl (C=O) groups excluding carboxylic acids is 1. The Balaban J connectivity index is 1.65. The quantitative estimate of drug-likeness (QED) is 0.706. The van der Waals surface area contributed by atoms with Gasteiger partial charge in [0.25, 0.3) is 5.91 Å². The van der Waals surface area contributed by atoms with Crippen LogP contribution in [-0.2, 0) is 12.8 Å². The lowest BCUT2D eigenvalue weighted by Gasteiger charge is -2.18. The molecule has 1 aliphatic carbocycles. The smallest absolute Gasteiger partial charge is 0.255 e. The number of anilines is 1. The van der Waals surface area contributed by atoms with Gasteiger partial charge in [0.2, 0.25) is 0 Å². The van der Waals surface area contributed by atoms with Gasteiger partial charge in [-0.3, -0.25) is 4.79 Å². The van der Waals surface area contributed by atoms with E-state index in [0.717, 1.165) is 23.7 Å². The lowest BCUT2D eigenvalue weighted by molar-refractivity contribution is 0.102. The molecule has 3 nitrogen and oxygen atoms in total. The van der Waals surface area contributed by atoms with Gasteiger partial charge in [-0.1, -0.05) is 6.92 Å². The van der Waals surface area contributed by atoms with Crippen LogP contribution in [0.25, 0.3) is 10.9 Å². The molecule has 2 N–H and O–H groups in total. The van der Waals surface area contributed by atoms with Gasteiger partial charge < -0.3 is 10.3 Å². The molecule has 1 atom stereocenters. The topological polar surface area (TPSA) is 44.9 Å². The van der Waals surface area contributed by atoms with Crippen LogP contribution in [0.1, 0.15) is 35.0 Å². The minimum atomic E-state index is -0.317. The molecule has 0 aliphatic heterocycles. The third-order valence-electron chi connectivity index (χ3n) is 4.80. The summed E-state index contributed by atoms with van der Waals surface area (Å²) in [7, 11) is 0. The van der Waals surface area contributed by atoms with Crippen LogP contribution in [0.4, 0.5) is 10.1 Å². The van der Waals surface area contributed by atoms with Crippen molar-refractivity contribution in [1.29, 1.82) is 0 Å². The van der Waals surface area contributed by atoms with Crippen molar-refractivity contribution in [1.82, 2.24) is 4.98 Å². The first-order valence-corrected chi connectivity index (χ1v) is 8.30. The van der Waals surface area contributed by atoms with Crippen molar-refractivity contribution in [3.8, 4) is 0 Å². The Morgan fingerprint density at radius 2 is 2.00 bits per heavy atom. The maximum atomic E-state index is 13.0. The van der Waals surface area contributed by atoms with Crippen LogP contribution < -0.4 is 5.32 Å². The first-order valence-electron chi connectivity index (χ1n) is 8.30. The molecule has 0 fully saturated rings. The van der Waals surface area contributed by atoms with E-state index in [1.54, 1.807) is 12.1 Å². The number of H-pyrrole nitrogens is 1. The second-order valence-corrected chi connectivity index (χ2v) is 6.65. The number of amides is 1. The van der Waals surface area contributed by atoms with E-state index in [1.807, 2.05) is 18.2 Å². The summed E-state index contributed by atoms with van der Waals surface area (Å²) in [5.41, 5.74) is 4.95. The van der Waals surface area contributed by atoms with Crippen molar-refractivity contribution in [2.75, 3.05) is 5.32 Å². The van der Waals surface area contributed by atoms with Crippen molar-refractivity contribution in [2.45, 2.75) is 26.2 Å². The first-order chi connectivity index (χ1) is 11.6. The molecule has 1 amide bonds. The minimum absolute atomic E-state index is 0.178. The maximum absolute atomic E-state index is 13.0. The summed E-state index contributed by atoms with van der Waals surface area (Å²) < 4.78 is 13.0. The summed E-state index contributed by atoms with van der Waals surface area (Å²) in [6, 6.07) is 11.6. The Morgan fingerprint density at radius 3 is 2.79 bits per heavy atom. The zero-order valence-corrected chi connectivity index (χ0v) is 13.5. The standard InChI is InChI=1S/C20H19FN2O/c1-12-2-8-18-16(10-12)17-11-13(3-9-19(17)23-18)20(24)22-15-6-4-14(21)5-7-15/h3-7,9,11-12,23H,2,8,10H2,1H3,(H,22,24). The van der Waals surface area contributed by atoms with Gasteiger partial charge in [-0.15, -0.1) is 0 Å². The van der Waals surface area contributed by atoms with Gasteiger partial charge in [-0.05, 0) is 73.2 Å². The number of nitrogens with one attached hydrogen (secondary N) is 2. The van der Waals surface area contributed by atoms with Crippen molar-refractivity contribution < 1.29 is 9.18 Å². The van der Waals surface area contributed by atoms with E-state index < -0.39 is 0 Å². The van der Waals surface area contributed by atoms with E-state index in [1.165, 1.54) is 29.8 Å². The van der Waals surface area contributed by atoms with Crippen LogP contribution in [0.3, 0.4) is 0 Å². The Morgan fingerprint density at radius 1 is 1.21 bits per heavy atom. The summed E-state index contributed by atoms with van der Waals surface area (Å²) in [5, 5.41) is 3.96. The molecule has 1 aliphatic rings. The number of aromatic amines is 1. The normalized spacial score (nSPS) is 16.8. The first kappa shape index (κ1) is 14.9. The van der Waals surface area contributed by atoms with Crippen LogP contribution in [0.15, 0.2) is 42.5 Å². The number of aryl methyl sites for hydroxylation is 1. The van der Waals surface area contributed by atoms with E-state index in [-0.39, 0.29) is 11.7 Å². The summed E-state index contributed by atoms with van der Waals surface area (Å²) in [6.45, 7) is 2.27. The number of benzene rings is 2. The van der Waals surface area contributed by atoms with E-state index >= 15 is 0 Å². The van der Waals surface area contributed by atoms with Crippen LogP contribution in [-0.4, -0.2) is 10.9 Å². The molecule has 1 aromatic heterocycles. The lowest BCUT2D eigenvalue weighted by Crippen LogP contribution is -2.12. The van der Waals surface area contributed by atoms with Crippen molar-refractivity contribution >= 4 is 22.5 Å². The van der Waals surface area contributed by atoms with Gasteiger partial charge in [0.1, 0.15) is 5.82 Å². The fourth-order valence-electron chi connectivity index (χ4n) is 3.47. The average Bonchev–Trinajstić information content (AvgIpc) is 2.94. The van der Waals surface area contributed by atoms with Gasteiger partial charge in [0.15, 0.2) is 0 Å². The zero-order chi connectivity index (χ0) is 16.7. The van der Waals surface area contributed by atoms with E-state index in [4.69, 9.17) is 0 Å². The molecule has 24 heavy (non-hydrogen) atoms. The van der Waals surface area contributed by atoms with Crippen LogP contribution in [0.2, 0.25) is 0 Å². The molecular formula is C20H19FN2O. The molecule has 0 bridgehead atoms. The predicted octanol–water partition coefficient (Wildman–Crippen LogP) is 4.68. The minimum Gasteiger partial charge on any atom is -0.358 e. The fourth-order valence-corrected chi connectivity index (χ4v) is 3.47. The second-order valence-electron chi connectivity index (χ2n) is 6.65. The lowest BCUT2D eigenvalue weighted by atomic mass is 9.87. The number of halogens is 1. The molecule has 0 saturated heterocycles. The highest BCUT2D eigenvalue weighted by atomic mass is 19.1. The zero-order valence-electron chi connectivity index (χ0n) is 13.5. The predicted molar refractivity (Wildman–Crippen MR) is 93.8 cm³/mol. The molecular weight excluding hydrogens is 303 g/mol.